The molecule has 3 rings (SSSR count). The number of carbonyl (C=O) groups is 1. The second kappa shape index (κ2) is 6.99. The molecule has 0 atom stereocenters. The lowest BCUT2D eigenvalue weighted by molar-refractivity contribution is 0.0742. The lowest BCUT2D eigenvalue weighted by atomic mass is 10.0. The van der Waals surface area contributed by atoms with E-state index in [2.05, 4.69) is 12.0 Å². The van der Waals surface area contributed by atoms with Crippen molar-refractivity contribution in [2.75, 3.05) is 13.1 Å². The Bertz CT molecular complexity index is 682. The van der Waals surface area contributed by atoms with Crippen LogP contribution in [0.4, 0.5) is 0 Å². The third-order valence-electron chi connectivity index (χ3n) is 4.80. The first-order valence-electron chi connectivity index (χ1n) is 8.55. The molecule has 4 heteroatoms. The Morgan fingerprint density at radius 3 is 2.43 bits per heavy atom. The van der Waals surface area contributed by atoms with Crippen LogP contribution in [0.25, 0.3) is 11.1 Å². The van der Waals surface area contributed by atoms with Crippen LogP contribution in [0.3, 0.4) is 0 Å². The van der Waals surface area contributed by atoms with Gasteiger partial charge < -0.3 is 4.90 Å². The molecule has 23 heavy (non-hydrogen) atoms. The maximum atomic E-state index is 12.8. The number of rotatable bonds is 2. The highest BCUT2D eigenvalue weighted by molar-refractivity contribution is 5.95. The van der Waals surface area contributed by atoms with Crippen LogP contribution in [0.1, 0.15) is 48.2 Å². The van der Waals surface area contributed by atoms with Gasteiger partial charge in [-0.25, -0.2) is 0 Å². The van der Waals surface area contributed by atoms with E-state index in [1.807, 2.05) is 47.1 Å². The molecule has 0 aliphatic carbocycles. The minimum absolute atomic E-state index is 0.162. The highest BCUT2D eigenvalue weighted by Gasteiger charge is 2.17. The van der Waals surface area contributed by atoms with Crippen LogP contribution < -0.4 is 0 Å². The van der Waals surface area contributed by atoms with Crippen molar-refractivity contribution in [1.82, 2.24) is 14.7 Å². The van der Waals surface area contributed by atoms with Crippen molar-refractivity contribution in [1.29, 1.82) is 0 Å². The van der Waals surface area contributed by atoms with E-state index in [1.54, 1.807) is 0 Å². The summed E-state index contributed by atoms with van der Waals surface area (Å²) in [5, 5.41) is 4.30. The van der Waals surface area contributed by atoms with Gasteiger partial charge in [0.25, 0.3) is 5.91 Å². The van der Waals surface area contributed by atoms with E-state index in [-0.39, 0.29) is 5.91 Å². The molecule has 1 aliphatic heterocycles. The number of aryl methyl sites for hydroxylation is 1. The Hall–Kier alpha value is -2.10. The van der Waals surface area contributed by atoms with Gasteiger partial charge in [0.2, 0.25) is 0 Å². The van der Waals surface area contributed by atoms with Crippen molar-refractivity contribution in [3.05, 3.63) is 41.7 Å². The molecule has 4 nitrogen and oxygen atoms in total. The number of nitrogens with zero attached hydrogens (tertiary/aromatic N) is 3. The van der Waals surface area contributed by atoms with Gasteiger partial charge in [0.05, 0.1) is 6.20 Å². The number of amides is 1. The molecule has 1 amide bonds. The second-order valence-electron chi connectivity index (χ2n) is 6.41. The Kier molecular flexibility index (Phi) is 4.79. The van der Waals surface area contributed by atoms with Crippen LogP contribution in [-0.2, 0) is 7.05 Å². The first kappa shape index (κ1) is 15.8. The smallest absolute Gasteiger partial charge is 0.253 e. The van der Waals surface area contributed by atoms with E-state index in [1.165, 1.54) is 19.3 Å². The lowest BCUT2D eigenvalue weighted by Gasteiger charge is -2.25. The van der Waals surface area contributed by atoms with Crippen LogP contribution in [0.15, 0.2) is 30.5 Å². The topological polar surface area (TPSA) is 38.1 Å². The van der Waals surface area contributed by atoms with Gasteiger partial charge >= 0.3 is 0 Å². The van der Waals surface area contributed by atoms with Crippen molar-refractivity contribution < 1.29 is 4.79 Å². The zero-order valence-electron chi connectivity index (χ0n) is 14.1. The molecule has 1 fully saturated rings. The molecule has 1 saturated heterocycles. The van der Waals surface area contributed by atoms with E-state index >= 15 is 0 Å². The van der Waals surface area contributed by atoms with Crippen LogP contribution in [0, 0.1) is 6.92 Å². The van der Waals surface area contributed by atoms with Crippen molar-refractivity contribution in [2.24, 2.45) is 7.05 Å². The summed E-state index contributed by atoms with van der Waals surface area (Å²) in [5.74, 6) is 0.162. The van der Waals surface area contributed by atoms with Gasteiger partial charge in [0.1, 0.15) is 0 Å². The Labute approximate surface area is 138 Å². The lowest BCUT2D eigenvalue weighted by Crippen LogP contribution is -2.33. The van der Waals surface area contributed by atoms with Gasteiger partial charge in [-0.05, 0) is 37.5 Å². The normalized spacial score (nSPS) is 16.0. The van der Waals surface area contributed by atoms with Gasteiger partial charge in [-0.1, -0.05) is 31.4 Å². The summed E-state index contributed by atoms with van der Waals surface area (Å²) in [5.41, 5.74) is 4.05. The first-order chi connectivity index (χ1) is 11.2. The SMILES string of the molecule is Cc1c(-c2cccc(C(=O)N3CCCCCCC3)c2)cnn1C. The van der Waals surface area contributed by atoms with Crippen LogP contribution >= 0.6 is 0 Å². The van der Waals surface area contributed by atoms with E-state index in [0.717, 1.165) is 48.3 Å². The standard InChI is InChI=1S/C19H25N3O/c1-15-18(14-20-21(15)2)16-9-8-10-17(13-16)19(23)22-11-6-4-3-5-7-12-22/h8-10,13-14H,3-7,11-12H2,1-2H3. The zero-order chi connectivity index (χ0) is 16.2. The summed E-state index contributed by atoms with van der Waals surface area (Å²) in [6, 6.07) is 7.95. The average Bonchev–Trinajstić information content (AvgIpc) is 2.86. The predicted molar refractivity (Wildman–Crippen MR) is 92.4 cm³/mol. The predicted octanol–water partition coefficient (Wildman–Crippen LogP) is 3.80. The number of hydrogen-bond donors (Lipinski definition) is 0. The molecule has 1 aliphatic rings. The van der Waals surface area contributed by atoms with Crippen molar-refractivity contribution in [3.8, 4) is 11.1 Å². The fourth-order valence-electron chi connectivity index (χ4n) is 3.23. The Balaban J connectivity index is 1.84. The highest BCUT2D eigenvalue weighted by Crippen LogP contribution is 2.24. The summed E-state index contributed by atoms with van der Waals surface area (Å²) in [4.78, 5) is 14.9. The summed E-state index contributed by atoms with van der Waals surface area (Å²) in [6.07, 6.45) is 7.88. The van der Waals surface area contributed by atoms with Crippen LogP contribution in [-0.4, -0.2) is 33.7 Å². The van der Waals surface area contributed by atoms with Gasteiger partial charge in [0, 0.05) is 37.0 Å². The summed E-state index contributed by atoms with van der Waals surface area (Å²) >= 11 is 0. The van der Waals surface area contributed by atoms with Gasteiger partial charge in [-0.2, -0.15) is 5.10 Å². The number of aromatic nitrogens is 2. The van der Waals surface area contributed by atoms with E-state index in [0.29, 0.717) is 0 Å². The maximum absolute atomic E-state index is 12.8. The van der Waals surface area contributed by atoms with Crippen molar-refractivity contribution in [2.45, 2.75) is 39.0 Å². The first-order valence-corrected chi connectivity index (χ1v) is 8.55. The van der Waals surface area contributed by atoms with Crippen LogP contribution in [0.5, 0.6) is 0 Å². The average molecular weight is 311 g/mol. The molecule has 1 aromatic heterocycles. The van der Waals surface area contributed by atoms with E-state index in [9.17, 15) is 4.79 Å². The minimum atomic E-state index is 0.162. The quantitative estimate of drug-likeness (QED) is 0.846. The maximum Gasteiger partial charge on any atom is 0.253 e. The largest absolute Gasteiger partial charge is 0.339 e. The monoisotopic (exact) mass is 311 g/mol. The fourth-order valence-corrected chi connectivity index (χ4v) is 3.23. The fraction of sp³-hybridized carbons (Fsp3) is 0.474. The number of carbonyl (C=O) groups excluding carboxylic acids is 1. The Morgan fingerprint density at radius 1 is 1.09 bits per heavy atom. The van der Waals surface area contributed by atoms with Crippen LogP contribution in [0.2, 0.25) is 0 Å². The second-order valence-corrected chi connectivity index (χ2v) is 6.41. The summed E-state index contributed by atoms with van der Waals surface area (Å²) in [7, 11) is 1.94. The third-order valence-corrected chi connectivity index (χ3v) is 4.80. The van der Waals surface area contributed by atoms with E-state index < -0.39 is 0 Å². The summed E-state index contributed by atoms with van der Waals surface area (Å²) in [6.45, 7) is 3.82. The number of hydrogen-bond acceptors (Lipinski definition) is 2. The molecule has 2 heterocycles. The third kappa shape index (κ3) is 3.46. The van der Waals surface area contributed by atoms with Crippen molar-refractivity contribution in [3.63, 3.8) is 0 Å². The molecule has 0 spiro atoms. The molecule has 2 aromatic rings. The summed E-state index contributed by atoms with van der Waals surface area (Å²) < 4.78 is 1.86. The molecular formula is C19H25N3O. The van der Waals surface area contributed by atoms with Gasteiger partial charge in [-0.3, -0.25) is 9.48 Å². The minimum Gasteiger partial charge on any atom is -0.339 e. The Morgan fingerprint density at radius 2 is 1.78 bits per heavy atom. The molecule has 0 N–H and O–H groups in total. The van der Waals surface area contributed by atoms with Gasteiger partial charge in [0.15, 0.2) is 0 Å². The van der Waals surface area contributed by atoms with Gasteiger partial charge in [-0.15, -0.1) is 0 Å². The molecule has 122 valence electrons. The van der Waals surface area contributed by atoms with Crippen molar-refractivity contribution >= 4 is 5.91 Å². The molecule has 0 unspecified atom stereocenters. The molecule has 0 saturated carbocycles. The number of benzene rings is 1. The molecule has 0 bridgehead atoms. The zero-order valence-corrected chi connectivity index (χ0v) is 14.1. The molecule has 1 aromatic carbocycles. The highest BCUT2D eigenvalue weighted by atomic mass is 16.2. The number of likely N-dealkylation sites (tertiary alicyclic amines) is 1. The molecule has 0 radical (unpaired) electrons. The molecular weight excluding hydrogens is 286 g/mol. The van der Waals surface area contributed by atoms with E-state index in [4.69, 9.17) is 0 Å².